The average molecular weight is 476 g/mol. The molecule has 1 saturated heterocycles. The van der Waals surface area contributed by atoms with Crippen molar-refractivity contribution in [1.29, 1.82) is 0 Å². The van der Waals surface area contributed by atoms with Gasteiger partial charge in [-0.05, 0) is 57.5 Å². The van der Waals surface area contributed by atoms with Crippen LogP contribution in [-0.2, 0) is 9.53 Å². The summed E-state index contributed by atoms with van der Waals surface area (Å²) in [6.07, 6.45) is 3.72. The van der Waals surface area contributed by atoms with Crippen LogP contribution in [0.15, 0.2) is 41.1 Å². The van der Waals surface area contributed by atoms with Gasteiger partial charge in [-0.15, -0.1) is 0 Å². The number of allylic oxidation sites excluding steroid dienone is 2. The fourth-order valence-corrected chi connectivity index (χ4v) is 5.01. The predicted octanol–water partition coefficient (Wildman–Crippen LogP) is 3.89. The number of likely N-dealkylation sites (N-methyl/N-ethyl adjacent to an activating group) is 1. The van der Waals surface area contributed by atoms with Crippen LogP contribution >= 0.6 is 24.0 Å². The molecule has 2 aliphatic rings. The summed E-state index contributed by atoms with van der Waals surface area (Å²) in [7, 11) is 0. The molecule has 0 saturated carbocycles. The number of aliphatic hydroxyl groups is 1. The van der Waals surface area contributed by atoms with Gasteiger partial charge in [0.05, 0.1) is 41.1 Å². The first-order valence-electron chi connectivity index (χ1n) is 10.9. The molecule has 1 unspecified atom stereocenters. The monoisotopic (exact) mass is 475 g/mol. The van der Waals surface area contributed by atoms with Gasteiger partial charge in [0.2, 0.25) is 0 Å². The number of nitrogens with zero attached hydrogens (tertiary/aromatic N) is 3. The molecule has 32 heavy (non-hydrogen) atoms. The van der Waals surface area contributed by atoms with Crippen molar-refractivity contribution < 1.29 is 19.4 Å². The van der Waals surface area contributed by atoms with E-state index in [0.717, 1.165) is 17.2 Å². The van der Waals surface area contributed by atoms with Crippen molar-refractivity contribution in [1.82, 2.24) is 4.90 Å². The Morgan fingerprint density at radius 1 is 1.12 bits per heavy atom. The fraction of sp³-hybridized carbons (Fsp3) is 0.435. The van der Waals surface area contributed by atoms with Gasteiger partial charge in [-0.2, -0.15) is 0 Å². The van der Waals surface area contributed by atoms with Crippen LogP contribution in [0.2, 0.25) is 0 Å². The third kappa shape index (κ3) is 4.69. The zero-order valence-corrected chi connectivity index (χ0v) is 20.5. The smallest absolute Gasteiger partial charge is 0.338 e. The summed E-state index contributed by atoms with van der Waals surface area (Å²) in [4.78, 5) is 31.2. The van der Waals surface area contributed by atoms with E-state index in [9.17, 15) is 14.7 Å². The molecule has 0 radical (unpaired) electrons. The molecule has 3 rings (SSSR count). The van der Waals surface area contributed by atoms with Crippen LogP contribution in [0.1, 0.15) is 44.5 Å². The topological polar surface area (TPSA) is 73.3 Å². The van der Waals surface area contributed by atoms with Crippen LogP contribution in [0.4, 0.5) is 11.4 Å². The minimum Gasteiger partial charge on any atom is -0.462 e. The van der Waals surface area contributed by atoms with Crippen LogP contribution in [0.25, 0.3) is 0 Å². The normalized spacial score (nSPS) is 19.3. The summed E-state index contributed by atoms with van der Waals surface area (Å²) in [6.45, 7) is 9.51. The van der Waals surface area contributed by atoms with Gasteiger partial charge in [-0.25, -0.2) is 4.79 Å². The van der Waals surface area contributed by atoms with Crippen molar-refractivity contribution in [3.8, 4) is 0 Å². The summed E-state index contributed by atoms with van der Waals surface area (Å²) < 4.78 is 5.72. The van der Waals surface area contributed by atoms with Crippen LogP contribution < -0.4 is 9.80 Å². The zero-order valence-electron chi connectivity index (χ0n) is 18.8. The summed E-state index contributed by atoms with van der Waals surface area (Å²) in [5.41, 5.74) is 2.22. The van der Waals surface area contributed by atoms with Crippen molar-refractivity contribution in [2.45, 2.75) is 40.2 Å². The molecule has 1 fully saturated rings. The molecule has 2 heterocycles. The fourth-order valence-electron chi connectivity index (χ4n) is 3.68. The van der Waals surface area contributed by atoms with Gasteiger partial charge < -0.3 is 19.6 Å². The quantitative estimate of drug-likeness (QED) is 0.345. The number of anilines is 2. The van der Waals surface area contributed by atoms with Crippen molar-refractivity contribution in [2.24, 2.45) is 0 Å². The number of aliphatic hydroxyl groups excluding tert-OH is 1. The maximum absolute atomic E-state index is 12.6. The number of ether oxygens (including phenoxy) is 1. The van der Waals surface area contributed by atoms with E-state index in [2.05, 4.69) is 4.90 Å². The molecule has 1 amide bonds. The molecule has 0 aliphatic carbocycles. The number of thiocarbonyl (C=S) groups is 1. The molecule has 0 spiro atoms. The summed E-state index contributed by atoms with van der Waals surface area (Å²) >= 11 is 6.60. The van der Waals surface area contributed by atoms with E-state index in [1.165, 1.54) is 11.8 Å². The highest BCUT2D eigenvalue weighted by Crippen LogP contribution is 2.43. The van der Waals surface area contributed by atoms with Crippen molar-refractivity contribution in [3.05, 3.63) is 46.6 Å². The highest BCUT2D eigenvalue weighted by atomic mass is 32.2. The lowest BCUT2D eigenvalue weighted by Crippen LogP contribution is -2.34. The van der Waals surface area contributed by atoms with Crippen molar-refractivity contribution in [3.63, 3.8) is 0 Å². The summed E-state index contributed by atoms with van der Waals surface area (Å²) in [6, 6.07) is 5.45. The molecular weight excluding hydrogens is 446 g/mol. The van der Waals surface area contributed by atoms with E-state index in [-0.39, 0.29) is 11.9 Å². The van der Waals surface area contributed by atoms with Crippen LogP contribution in [-0.4, -0.2) is 58.5 Å². The van der Waals surface area contributed by atoms with Crippen LogP contribution in [0.5, 0.6) is 0 Å². The second kappa shape index (κ2) is 10.5. The first-order valence-corrected chi connectivity index (χ1v) is 12.1. The lowest BCUT2D eigenvalue weighted by molar-refractivity contribution is -0.122. The highest BCUT2D eigenvalue weighted by molar-refractivity contribution is 8.26. The molecule has 1 aromatic rings. The standard InChI is InChI=1S/C23H29N3O4S2/c1-5-16(27)14-26-18-13-15(22(29)30-8-4)9-10-17(18)24(6-2)20(26)12-11-19-21(28)25(7-3)23(31)32-19/h9-13,16,27H,5-8,14H2,1-4H3/b19-11-,20-12-. The molecule has 7 nitrogen and oxygen atoms in total. The molecule has 1 aromatic carbocycles. The molecule has 1 atom stereocenters. The van der Waals surface area contributed by atoms with E-state index in [1.807, 2.05) is 37.8 Å². The molecule has 1 N–H and O–H groups in total. The molecule has 2 aliphatic heterocycles. The van der Waals surface area contributed by atoms with Gasteiger partial charge in [0.25, 0.3) is 5.91 Å². The second-order valence-electron chi connectivity index (χ2n) is 7.31. The summed E-state index contributed by atoms with van der Waals surface area (Å²) in [5.74, 6) is 0.357. The minimum atomic E-state index is -0.549. The first kappa shape index (κ1) is 24.3. The van der Waals surface area contributed by atoms with Gasteiger partial charge in [-0.1, -0.05) is 30.9 Å². The largest absolute Gasteiger partial charge is 0.462 e. The first-order chi connectivity index (χ1) is 15.4. The number of hydrogen-bond acceptors (Lipinski definition) is 8. The van der Waals surface area contributed by atoms with Gasteiger partial charge in [0.15, 0.2) is 0 Å². The molecule has 0 aromatic heterocycles. The lowest BCUT2D eigenvalue weighted by atomic mass is 10.1. The highest BCUT2D eigenvalue weighted by Gasteiger charge is 2.33. The Balaban J connectivity index is 2.04. The van der Waals surface area contributed by atoms with Gasteiger partial charge in [-0.3, -0.25) is 9.69 Å². The number of carbonyl (C=O) groups excluding carboxylic acids is 2. The number of fused-ring (bicyclic) bond motifs is 1. The number of amides is 1. The Bertz CT molecular complexity index is 976. The Hall–Kier alpha value is -2.36. The lowest BCUT2D eigenvalue weighted by Gasteiger charge is -2.26. The van der Waals surface area contributed by atoms with Gasteiger partial charge >= 0.3 is 5.97 Å². The Labute approximate surface area is 198 Å². The van der Waals surface area contributed by atoms with Crippen molar-refractivity contribution in [2.75, 3.05) is 36.0 Å². The minimum absolute atomic E-state index is 0.0948. The van der Waals surface area contributed by atoms with Crippen LogP contribution in [0.3, 0.4) is 0 Å². The molecule has 0 bridgehead atoms. The number of hydrogen-bond donors (Lipinski definition) is 1. The molecular formula is C23H29N3O4S2. The van der Waals surface area contributed by atoms with E-state index >= 15 is 0 Å². The number of carbonyl (C=O) groups is 2. The Morgan fingerprint density at radius 2 is 1.84 bits per heavy atom. The van der Waals surface area contributed by atoms with Crippen LogP contribution in [0, 0.1) is 0 Å². The summed E-state index contributed by atoms with van der Waals surface area (Å²) in [5, 5.41) is 10.4. The van der Waals surface area contributed by atoms with E-state index in [4.69, 9.17) is 17.0 Å². The second-order valence-corrected chi connectivity index (χ2v) is 8.99. The SMILES string of the molecule is CCOC(=O)c1ccc2c(c1)N(CC(O)CC)/C(=C\C=C1/SC(=S)N(CC)C1=O)N2CC. The predicted molar refractivity (Wildman–Crippen MR) is 133 cm³/mol. The number of esters is 1. The van der Waals surface area contributed by atoms with Gasteiger partial charge in [0, 0.05) is 13.1 Å². The number of benzene rings is 1. The zero-order chi connectivity index (χ0) is 23.4. The van der Waals surface area contributed by atoms with E-state index in [0.29, 0.717) is 47.5 Å². The van der Waals surface area contributed by atoms with Gasteiger partial charge in [0.1, 0.15) is 10.1 Å². The van der Waals surface area contributed by atoms with E-state index < -0.39 is 6.10 Å². The Kier molecular flexibility index (Phi) is 7.97. The molecule has 172 valence electrons. The molecule has 9 heteroatoms. The number of thioether (sulfide) groups is 1. The Morgan fingerprint density at radius 3 is 2.44 bits per heavy atom. The third-order valence-electron chi connectivity index (χ3n) is 5.38. The van der Waals surface area contributed by atoms with E-state index in [1.54, 1.807) is 30.0 Å². The number of rotatable bonds is 8. The maximum atomic E-state index is 12.6. The maximum Gasteiger partial charge on any atom is 0.338 e. The average Bonchev–Trinajstić information content (AvgIpc) is 3.23. The third-order valence-corrected chi connectivity index (χ3v) is 6.77. The van der Waals surface area contributed by atoms with Crippen molar-refractivity contribution >= 4 is 51.6 Å². The number of β-amino-alcohol motifs (C(OH)–C–C–N with tert-alkyl or cyclic N) is 1.